The van der Waals surface area contributed by atoms with E-state index in [0.717, 1.165) is 0 Å². The zero-order chi connectivity index (χ0) is 12.4. The maximum Gasteiger partial charge on any atom is 0.149 e. The highest BCUT2D eigenvalue weighted by atomic mass is 35.5. The Kier molecular flexibility index (Phi) is 3.28. The fraction of sp³-hybridized carbons (Fsp3) is 0. The standard InChI is InChI=1S/C12H5Cl2FN2/c13-11-5-8(9(6-16)12(14)17-11)7-3-1-2-4-10(7)15/h1-5H. The van der Waals surface area contributed by atoms with Crippen LogP contribution in [0.15, 0.2) is 30.3 Å². The number of nitrogens with zero attached hydrogens (tertiary/aromatic N) is 2. The molecule has 2 nitrogen and oxygen atoms in total. The minimum atomic E-state index is -0.442. The van der Waals surface area contributed by atoms with Crippen LogP contribution in [0.5, 0.6) is 0 Å². The fourth-order valence-corrected chi connectivity index (χ4v) is 1.95. The van der Waals surface area contributed by atoms with Crippen molar-refractivity contribution in [1.82, 2.24) is 4.98 Å². The van der Waals surface area contributed by atoms with E-state index in [1.807, 2.05) is 6.07 Å². The van der Waals surface area contributed by atoms with Crippen LogP contribution in [0.4, 0.5) is 4.39 Å². The van der Waals surface area contributed by atoms with Crippen LogP contribution in [-0.4, -0.2) is 4.98 Å². The number of halogens is 3. The van der Waals surface area contributed by atoms with Crippen molar-refractivity contribution < 1.29 is 4.39 Å². The molecule has 0 aliphatic rings. The second-order valence-corrected chi connectivity index (χ2v) is 4.00. The van der Waals surface area contributed by atoms with Gasteiger partial charge in [0.1, 0.15) is 22.2 Å². The summed E-state index contributed by atoms with van der Waals surface area (Å²) in [4.78, 5) is 3.75. The lowest BCUT2D eigenvalue weighted by molar-refractivity contribution is 0.631. The Morgan fingerprint density at radius 3 is 2.53 bits per heavy atom. The number of aromatic nitrogens is 1. The highest BCUT2D eigenvalue weighted by molar-refractivity contribution is 6.33. The molecule has 0 radical (unpaired) electrons. The Hall–Kier alpha value is -1.63. The van der Waals surface area contributed by atoms with Gasteiger partial charge < -0.3 is 0 Å². The molecule has 84 valence electrons. The summed E-state index contributed by atoms with van der Waals surface area (Å²) in [7, 11) is 0. The molecular formula is C12H5Cl2FN2. The van der Waals surface area contributed by atoms with E-state index in [-0.39, 0.29) is 21.4 Å². The van der Waals surface area contributed by atoms with Gasteiger partial charge in [0.15, 0.2) is 0 Å². The lowest BCUT2D eigenvalue weighted by Gasteiger charge is -2.07. The van der Waals surface area contributed by atoms with E-state index in [4.69, 9.17) is 28.5 Å². The maximum atomic E-state index is 13.6. The molecule has 2 rings (SSSR count). The maximum absolute atomic E-state index is 13.6. The van der Waals surface area contributed by atoms with Crippen LogP contribution in [0, 0.1) is 17.1 Å². The number of hydrogen-bond acceptors (Lipinski definition) is 2. The molecule has 0 saturated heterocycles. The summed E-state index contributed by atoms with van der Waals surface area (Å²) in [5.74, 6) is -0.442. The van der Waals surface area contributed by atoms with Gasteiger partial charge in [-0.25, -0.2) is 9.37 Å². The van der Waals surface area contributed by atoms with Gasteiger partial charge in [-0.15, -0.1) is 0 Å². The van der Waals surface area contributed by atoms with Crippen LogP contribution in [-0.2, 0) is 0 Å². The van der Waals surface area contributed by atoms with Crippen LogP contribution < -0.4 is 0 Å². The molecule has 0 fully saturated rings. The largest absolute Gasteiger partial charge is 0.223 e. The zero-order valence-corrected chi connectivity index (χ0v) is 9.93. The third kappa shape index (κ3) is 2.23. The van der Waals surface area contributed by atoms with Crippen LogP contribution in [0.25, 0.3) is 11.1 Å². The van der Waals surface area contributed by atoms with Crippen molar-refractivity contribution in [3.63, 3.8) is 0 Å². The lowest BCUT2D eigenvalue weighted by atomic mass is 10.0. The second kappa shape index (κ2) is 4.70. The fourth-order valence-electron chi connectivity index (χ4n) is 1.48. The molecule has 0 unspecified atom stereocenters. The highest BCUT2D eigenvalue weighted by Crippen LogP contribution is 2.31. The van der Waals surface area contributed by atoms with Crippen molar-refractivity contribution in [2.24, 2.45) is 0 Å². The molecule has 1 heterocycles. The molecule has 0 aliphatic heterocycles. The quantitative estimate of drug-likeness (QED) is 0.730. The Balaban J connectivity index is 2.76. The van der Waals surface area contributed by atoms with E-state index < -0.39 is 5.82 Å². The summed E-state index contributed by atoms with van der Waals surface area (Å²) >= 11 is 11.6. The molecule has 0 aliphatic carbocycles. The molecule has 0 atom stereocenters. The molecule has 5 heteroatoms. The molecule has 0 spiro atoms. The van der Waals surface area contributed by atoms with Gasteiger partial charge >= 0.3 is 0 Å². The lowest BCUT2D eigenvalue weighted by Crippen LogP contribution is -1.92. The number of nitriles is 1. The number of pyridine rings is 1. The normalized spacial score (nSPS) is 10.0. The first kappa shape index (κ1) is 11.8. The Bertz CT molecular complexity index is 620. The monoisotopic (exact) mass is 266 g/mol. The smallest absolute Gasteiger partial charge is 0.149 e. The molecule has 2 aromatic rings. The van der Waals surface area contributed by atoms with Gasteiger partial charge in [0.05, 0.1) is 5.56 Å². The minimum absolute atomic E-state index is 0.0294. The molecule has 0 amide bonds. The second-order valence-electron chi connectivity index (χ2n) is 3.25. The number of hydrogen-bond donors (Lipinski definition) is 0. The van der Waals surface area contributed by atoms with Crippen molar-refractivity contribution in [3.05, 3.63) is 52.0 Å². The van der Waals surface area contributed by atoms with E-state index in [0.29, 0.717) is 5.56 Å². The first-order valence-electron chi connectivity index (χ1n) is 4.64. The molecule has 0 bridgehead atoms. The highest BCUT2D eigenvalue weighted by Gasteiger charge is 2.14. The Labute approximate surface area is 107 Å². The van der Waals surface area contributed by atoms with Crippen molar-refractivity contribution in [3.8, 4) is 17.2 Å². The molecule has 1 aromatic carbocycles. The molecule has 0 saturated carbocycles. The van der Waals surface area contributed by atoms with Crippen molar-refractivity contribution in [2.75, 3.05) is 0 Å². The predicted molar refractivity (Wildman–Crippen MR) is 64.4 cm³/mol. The van der Waals surface area contributed by atoms with E-state index in [1.165, 1.54) is 12.1 Å². The van der Waals surface area contributed by atoms with Crippen molar-refractivity contribution in [2.45, 2.75) is 0 Å². The first-order valence-corrected chi connectivity index (χ1v) is 5.40. The SMILES string of the molecule is N#Cc1c(-c2ccccc2F)cc(Cl)nc1Cl. The summed E-state index contributed by atoms with van der Waals surface area (Å²) in [6.45, 7) is 0. The van der Waals surface area contributed by atoms with Gasteiger partial charge in [-0.1, -0.05) is 41.4 Å². The summed E-state index contributed by atoms with van der Waals surface area (Å²) in [5.41, 5.74) is 0.729. The number of rotatable bonds is 1. The molecular weight excluding hydrogens is 262 g/mol. The first-order chi connectivity index (χ1) is 8.13. The van der Waals surface area contributed by atoms with E-state index in [1.54, 1.807) is 18.2 Å². The molecule has 0 N–H and O–H groups in total. The van der Waals surface area contributed by atoms with E-state index in [2.05, 4.69) is 4.98 Å². The Morgan fingerprint density at radius 2 is 1.88 bits per heavy atom. The van der Waals surface area contributed by atoms with Crippen LogP contribution in [0.2, 0.25) is 10.3 Å². The predicted octanol–water partition coefficient (Wildman–Crippen LogP) is 4.07. The summed E-state index contributed by atoms with van der Waals surface area (Å²) in [6.07, 6.45) is 0. The molecule has 17 heavy (non-hydrogen) atoms. The molecule has 1 aromatic heterocycles. The average Bonchev–Trinajstić information content (AvgIpc) is 2.28. The van der Waals surface area contributed by atoms with Gasteiger partial charge in [-0.05, 0) is 12.1 Å². The average molecular weight is 267 g/mol. The van der Waals surface area contributed by atoms with Crippen LogP contribution in [0.1, 0.15) is 5.56 Å². The third-order valence-corrected chi connectivity index (χ3v) is 2.69. The Morgan fingerprint density at radius 1 is 1.18 bits per heavy atom. The van der Waals surface area contributed by atoms with E-state index in [9.17, 15) is 4.39 Å². The zero-order valence-electron chi connectivity index (χ0n) is 8.42. The van der Waals surface area contributed by atoms with Crippen molar-refractivity contribution in [1.29, 1.82) is 5.26 Å². The van der Waals surface area contributed by atoms with Gasteiger partial charge in [0.2, 0.25) is 0 Å². The summed E-state index contributed by atoms with van der Waals surface area (Å²) < 4.78 is 13.6. The van der Waals surface area contributed by atoms with Crippen LogP contribution >= 0.6 is 23.2 Å². The minimum Gasteiger partial charge on any atom is -0.223 e. The van der Waals surface area contributed by atoms with E-state index >= 15 is 0 Å². The van der Waals surface area contributed by atoms with Gasteiger partial charge in [0, 0.05) is 11.1 Å². The van der Waals surface area contributed by atoms with Gasteiger partial charge in [0.25, 0.3) is 0 Å². The van der Waals surface area contributed by atoms with Crippen molar-refractivity contribution >= 4 is 23.2 Å². The summed E-state index contributed by atoms with van der Waals surface area (Å²) in [6, 6.07) is 9.41. The number of benzene rings is 1. The van der Waals surface area contributed by atoms with Crippen LogP contribution in [0.3, 0.4) is 0 Å². The summed E-state index contributed by atoms with van der Waals surface area (Å²) in [5, 5.41) is 9.09. The van der Waals surface area contributed by atoms with Gasteiger partial charge in [-0.2, -0.15) is 5.26 Å². The van der Waals surface area contributed by atoms with Gasteiger partial charge in [-0.3, -0.25) is 0 Å². The topological polar surface area (TPSA) is 36.7 Å². The third-order valence-electron chi connectivity index (χ3n) is 2.22.